The van der Waals surface area contributed by atoms with Gasteiger partial charge in [-0.1, -0.05) is 23.2 Å². The van der Waals surface area contributed by atoms with Crippen molar-refractivity contribution in [2.75, 3.05) is 19.6 Å². The van der Waals surface area contributed by atoms with E-state index in [-0.39, 0.29) is 5.91 Å². The van der Waals surface area contributed by atoms with Crippen LogP contribution in [0.3, 0.4) is 0 Å². The molecule has 0 unspecified atom stereocenters. The van der Waals surface area contributed by atoms with Gasteiger partial charge in [0.25, 0.3) is 0 Å². The summed E-state index contributed by atoms with van der Waals surface area (Å²) >= 11 is 12.3. The second-order valence-corrected chi connectivity index (χ2v) is 8.19. The molecule has 1 N–H and O–H groups in total. The highest BCUT2D eigenvalue weighted by atomic mass is 35.5. The molecule has 1 aromatic heterocycles. The molecule has 0 saturated carbocycles. The average Bonchev–Trinajstić information content (AvgIpc) is 2.60. The molecule has 0 radical (unpaired) electrons. The number of pyridine rings is 1. The molecule has 1 aliphatic heterocycles. The highest BCUT2D eigenvalue weighted by Gasteiger charge is 2.19. The number of carbonyl (C=O) groups excluding carboxylic acids is 1. The summed E-state index contributed by atoms with van der Waals surface area (Å²) in [6.07, 6.45) is 2.22. The van der Waals surface area contributed by atoms with Crippen molar-refractivity contribution in [1.82, 2.24) is 15.2 Å². The van der Waals surface area contributed by atoms with Gasteiger partial charge in [-0.15, -0.1) is 0 Å². The maximum Gasteiger partial charge on any atom is 0.216 e. The zero-order valence-electron chi connectivity index (χ0n) is 15.8. The van der Waals surface area contributed by atoms with Crippen LogP contribution in [0.15, 0.2) is 30.3 Å². The topological polar surface area (TPSA) is 45.2 Å². The van der Waals surface area contributed by atoms with Crippen LogP contribution >= 0.6 is 23.2 Å². The number of aryl methyl sites for hydroxylation is 1. The van der Waals surface area contributed by atoms with Crippen LogP contribution in [-0.2, 0) is 11.3 Å². The van der Waals surface area contributed by atoms with Crippen LogP contribution in [0.4, 0.5) is 0 Å². The van der Waals surface area contributed by atoms with Gasteiger partial charge >= 0.3 is 0 Å². The van der Waals surface area contributed by atoms with E-state index in [1.54, 1.807) is 13.0 Å². The molecule has 0 bridgehead atoms. The van der Waals surface area contributed by atoms with Gasteiger partial charge in [0.1, 0.15) is 0 Å². The normalized spacial score (nSPS) is 15.7. The van der Waals surface area contributed by atoms with Crippen molar-refractivity contribution in [1.29, 1.82) is 0 Å². The van der Waals surface area contributed by atoms with Crippen LogP contribution < -0.4 is 5.32 Å². The van der Waals surface area contributed by atoms with Crippen LogP contribution in [0.1, 0.15) is 31.0 Å². The molecule has 1 amide bonds. The lowest BCUT2D eigenvalue weighted by atomic mass is 9.96. The van der Waals surface area contributed by atoms with E-state index in [0.29, 0.717) is 16.0 Å². The van der Waals surface area contributed by atoms with Crippen molar-refractivity contribution < 1.29 is 4.79 Å². The number of aromatic nitrogens is 1. The van der Waals surface area contributed by atoms with E-state index in [4.69, 9.17) is 23.2 Å². The standard InChI is InChI=1S/C21H25Cl2N3O/c1-14-7-17(8-21(25-14)18-9-19(22)11-20(23)10-18)13-26-5-3-16(4-6-26)12-24-15(2)27/h7-11,16H,3-6,12-13H2,1-2H3,(H,24,27). The number of piperidine rings is 1. The number of benzene rings is 1. The van der Waals surface area contributed by atoms with Crippen molar-refractivity contribution in [2.45, 2.75) is 33.2 Å². The van der Waals surface area contributed by atoms with Gasteiger partial charge in [0.2, 0.25) is 5.91 Å². The first-order valence-electron chi connectivity index (χ1n) is 9.30. The van der Waals surface area contributed by atoms with E-state index < -0.39 is 0 Å². The van der Waals surface area contributed by atoms with E-state index in [2.05, 4.69) is 27.3 Å². The summed E-state index contributed by atoms with van der Waals surface area (Å²) in [5.41, 5.74) is 4.06. The predicted molar refractivity (Wildman–Crippen MR) is 111 cm³/mol. The van der Waals surface area contributed by atoms with Crippen molar-refractivity contribution >= 4 is 29.1 Å². The Hall–Kier alpha value is -1.62. The van der Waals surface area contributed by atoms with E-state index >= 15 is 0 Å². The lowest BCUT2D eigenvalue weighted by Crippen LogP contribution is -2.37. The number of likely N-dealkylation sites (tertiary alicyclic amines) is 1. The number of nitrogens with zero attached hydrogens (tertiary/aromatic N) is 2. The van der Waals surface area contributed by atoms with Gasteiger partial charge in [-0.25, -0.2) is 0 Å². The zero-order valence-corrected chi connectivity index (χ0v) is 17.3. The molecule has 1 aliphatic rings. The zero-order chi connectivity index (χ0) is 19.4. The monoisotopic (exact) mass is 405 g/mol. The van der Waals surface area contributed by atoms with E-state index in [1.165, 1.54) is 5.56 Å². The van der Waals surface area contributed by atoms with Gasteiger partial charge in [0, 0.05) is 41.3 Å². The van der Waals surface area contributed by atoms with Crippen molar-refractivity contribution in [3.63, 3.8) is 0 Å². The molecule has 0 aliphatic carbocycles. The third kappa shape index (κ3) is 5.93. The smallest absolute Gasteiger partial charge is 0.216 e. The minimum atomic E-state index is 0.0540. The fraction of sp³-hybridized carbons (Fsp3) is 0.429. The second kappa shape index (κ2) is 9.05. The minimum absolute atomic E-state index is 0.0540. The molecular formula is C21H25Cl2N3O. The summed E-state index contributed by atoms with van der Waals surface area (Å²) in [5.74, 6) is 0.631. The molecule has 4 nitrogen and oxygen atoms in total. The summed E-state index contributed by atoms with van der Waals surface area (Å²) < 4.78 is 0. The Kier molecular flexibility index (Phi) is 6.74. The fourth-order valence-electron chi connectivity index (χ4n) is 3.58. The lowest BCUT2D eigenvalue weighted by molar-refractivity contribution is -0.119. The fourth-order valence-corrected chi connectivity index (χ4v) is 4.10. The van der Waals surface area contributed by atoms with Crippen LogP contribution in [-0.4, -0.2) is 35.4 Å². The predicted octanol–water partition coefficient (Wildman–Crippen LogP) is 4.71. The highest BCUT2D eigenvalue weighted by molar-refractivity contribution is 6.35. The van der Waals surface area contributed by atoms with Gasteiger partial charge in [-0.3, -0.25) is 14.7 Å². The summed E-state index contributed by atoms with van der Waals surface area (Å²) in [6.45, 7) is 7.37. The Bertz CT molecular complexity index is 797. The molecule has 2 aromatic rings. The molecular weight excluding hydrogens is 381 g/mol. The summed E-state index contributed by atoms with van der Waals surface area (Å²) in [4.78, 5) is 18.2. The Labute approximate surface area is 170 Å². The minimum Gasteiger partial charge on any atom is -0.356 e. The Balaban J connectivity index is 1.66. The number of hydrogen-bond acceptors (Lipinski definition) is 3. The van der Waals surface area contributed by atoms with Gasteiger partial charge in [0.15, 0.2) is 0 Å². The summed E-state index contributed by atoms with van der Waals surface area (Å²) in [6, 6.07) is 9.78. The lowest BCUT2D eigenvalue weighted by Gasteiger charge is -2.32. The maximum absolute atomic E-state index is 11.1. The number of hydrogen-bond donors (Lipinski definition) is 1. The van der Waals surface area contributed by atoms with Gasteiger partial charge < -0.3 is 5.32 Å². The number of carbonyl (C=O) groups is 1. The maximum atomic E-state index is 11.1. The first-order chi connectivity index (χ1) is 12.9. The molecule has 2 heterocycles. The molecule has 27 heavy (non-hydrogen) atoms. The first kappa shape index (κ1) is 20.1. The molecule has 0 atom stereocenters. The Morgan fingerprint density at radius 1 is 1.15 bits per heavy atom. The molecule has 144 valence electrons. The molecule has 0 spiro atoms. The number of nitrogens with one attached hydrogen (secondary N) is 1. The highest BCUT2D eigenvalue weighted by Crippen LogP contribution is 2.27. The first-order valence-corrected chi connectivity index (χ1v) is 10.1. The van der Waals surface area contributed by atoms with Crippen molar-refractivity contribution in [3.8, 4) is 11.3 Å². The van der Waals surface area contributed by atoms with Crippen LogP contribution in [0.5, 0.6) is 0 Å². The van der Waals surface area contributed by atoms with Crippen LogP contribution in [0, 0.1) is 12.8 Å². The number of amides is 1. The Morgan fingerprint density at radius 3 is 2.44 bits per heavy atom. The number of halogens is 2. The van der Waals surface area contributed by atoms with E-state index in [1.807, 2.05) is 19.1 Å². The molecule has 6 heteroatoms. The third-order valence-electron chi connectivity index (χ3n) is 4.92. The van der Waals surface area contributed by atoms with Crippen molar-refractivity contribution in [2.24, 2.45) is 5.92 Å². The molecule has 3 rings (SSSR count). The number of rotatable bonds is 5. The molecule has 1 aromatic carbocycles. The Morgan fingerprint density at radius 2 is 1.81 bits per heavy atom. The molecule has 1 fully saturated rings. The van der Waals surface area contributed by atoms with E-state index in [9.17, 15) is 4.79 Å². The van der Waals surface area contributed by atoms with Crippen molar-refractivity contribution in [3.05, 3.63) is 51.6 Å². The van der Waals surface area contributed by atoms with Gasteiger partial charge in [-0.2, -0.15) is 0 Å². The van der Waals surface area contributed by atoms with Crippen LogP contribution in [0.25, 0.3) is 11.3 Å². The van der Waals surface area contributed by atoms with Crippen LogP contribution in [0.2, 0.25) is 10.0 Å². The summed E-state index contributed by atoms with van der Waals surface area (Å²) in [7, 11) is 0. The second-order valence-electron chi connectivity index (χ2n) is 7.32. The molecule has 1 saturated heterocycles. The van der Waals surface area contributed by atoms with Gasteiger partial charge in [0.05, 0.1) is 5.69 Å². The summed E-state index contributed by atoms with van der Waals surface area (Å²) in [5, 5.41) is 4.16. The SMILES string of the molecule is CC(=O)NCC1CCN(Cc2cc(C)nc(-c3cc(Cl)cc(Cl)c3)c2)CC1. The third-order valence-corrected chi connectivity index (χ3v) is 5.36. The van der Waals surface area contributed by atoms with E-state index in [0.717, 1.165) is 56.0 Å². The van der Waals surface area contributed by atoms with Gasteiger partial charge in [-0.05, 0) is 74.7 Å². The quantitative estimate of drug-likeness (QED) is 0.782. The average molecular weight is 406 g/mol. The largest absolute Gasteiger partial charge is 0.356 e.